The van der Waals surface area contributed by atoms with Crippen molar-refractivity contribution < 1.29 is 17.9 Å². The van der Waals surface area contributed by atoms with Crippen LogP contribution >= 0.6 is 0 Å². The summed E-state index contributed by atoms with van der Waals surface area (Å²) in [6.45, 7) is 5.57. The maximum atomic E-state index is 12.2. The van der Waals surface area contributed by atoms with Gasteiger partial charge in [-0.3, -0.25) is 9.52 Å². The summed E-state index contributed by atoms with van der Waals surface area (Å²) in [5.74, 6) is 0.631. The Balaban J connectivity index is 1.83. The number of hydrazone groups is 1. The molecule has 0 saturated carbocycles. The van der Waals surface area contributed by atoms with Crippen molar-refractivity contribution in [3.63, 3.8) is 0 Å². The first-order chi connectivity index (χ1) is 13.8. The number of nitrogens with one attached hydrogen (secondary N) is 1. The van der Waals surface area contributed by atoms with Crippen molar-refractivity contribution in [3.8, 4) is 5.75 Å². The van der Waals surface area contributed by atoms with Crippen molar-refractivity contribution in [2.75, 3.05) is 17.1 Å². The number of nitrogens with zero attached hydrogens (tertiary/aromatic N) is 2. The Bertz CT molecular complexity index is 1020. The van der Waals surface area contributed by atoms with E-state index in [2.05, 4.69) is 9.82 Å². The third-order valence-electron chi connectivity index (χ3n) is 4.66. The molecule has 0 aliphatic carbocycles. The number of anilines is 1. The fourth-order valence-electron chi connectivity index (χ4n) is 3.20. The van der Waals surface area contributed by atoms with Crippen LogP contribution in [-0.4, -0.2) is 37.4 Å². The maximum Gasteiger partial charge on any atom is 0.240 e. The topological polar surface area (TPSA) is 88.1 Å². The molecule has 8 heteroatoms. The smallest absolute Gasteiger partial charge is 0.240 e. The lowest BCUT2D eigenvalue weighted by atomic mass is 9.98. The molecule has 0 fully saturated rings. The molecule has 0 aromatic heterocycles. The van der Waals surface area contributed by atoms with Gasteiger partial charge in [0.15, 0.2) is 0 Å². The van der Waals surface area contributed by atoms with Crippen LogP contribution in [0.4, 0.5) is 5.69 Å². The van der Waals surface area contributed by atoms with Gasteiger partial charge in [0, 0.05) is 19.0 Å². The zero-order valence-corrected chi connectivity index (χ0v) is 17.6. The van der Waals surface area contributed by atoms with E-state index in [1.807, 2.05) is 43.3 Å². The SMILES string of the molecule is CCOc1cccc([C@H]2CC(c3ccc(NS(=O)(=O)CC)cc3)=NN2C(C)=O)c1. The van der Waals surface area contributed by atoms with E-state index in [4.69, 9.17) is 4.74 Å². The highest BCUT2D eigenvalue weighted by molar-refractivity contribution is 7.92. The minimum Gasteiger partial charge on any atom is -0.494 e. The molecule has 1 heterocycles. The zero-order chi connectivity index (χ0) is 21.0. The van der Waals surface area contributed by atoms with Gasteiger partial charge in [0.2, 0.25) is 15.9 Å². The molecular formula is C21H25N3O4S. The molecule has 1 N–H and O–H groups in total. The second kappa shape index (κ2) is 8.65. The number of carbonyl (C=O) groups is 1. The molecule has 2 aromatic rings. The normalized spacial score (nSPS) is 16.4. The predicted octanol–water partition coefficient (Wildman–Crippen LogP) is 3.54. The fourth-order valence-corrected chi connectivity index (χ4v) is 3.83. The summed E-state index contributed by atoms with van der Waals surface area (Å²) in [6.07, 6.45) is 0.565. The molecule has 2 aromatic carbocycles. The van der Waals surface area contributed by atoms with Gasteiger partial charge in [0.1, 0.15) is 5.75 Å². The summed E-state index contributed by atoms with van der Waals surface area (Å²) in [4.78, 5) is 12.2. The number of benzene rings is 2. The number of carbonyl (C=O) groups excluding carboxylic acids is 1. The minimum atomic E-state index is -3.32. The van der Waals surface area contributed by atoms with Gasteiger partial charge >= 0.3 is 0 Å². The molecule has 7 nitrogen and oxygen atoms in total. The van der Waals surface area contributed by atoms with Crippen LogP contribution in [0.1, 0.15) is 44.4 Å². The predicted molar refractivity (Wildman–Crippen MR) is 114 cm³/mol. The molecule has 0 bridgehead atoms. The number of sulfonamides is 1. The summed E-state index contributed by atoms with van der Waals surface area (Å²) in [5, 5.41) is 6.03. The van der Waals surface area contributed by atoms with Gasteiger partial charge in [-0.1, -0.05) is 24.3 Å². The number of hydrogen-bond acceptors (Lipinski definition) is 5. The molecular weight excluding hydrogens is 390 g/mol. The average Bonchev–Trinajstić information content (AvgIpc) is 3.15. The number of hydrogen-bond donors (Lipinski definition) is 1. The van der Waals surface area contributed by atoms with E-state index in [-0.39, 0.29) is 17.7 Å². The van der Waals surface area contributed by atoms with Crippen LogP contribution in [0.25, 0.3) is 0 Å². The lowest BCUT2D eigenvalue weighted by molar-refractivity contribution is -0.130. The molecule has 1 amide bonds. The molecule has 154 valence electrons. The standard InChI is InChI=1S/C21H25N3O4S/c1-4-28-19-8-6-7-17(13-19)21-14-20(22-24(21)15(3)25)16-9-11-18(12-10-16)23-29(26,27)5-2/h6-13,21,23H,4-5,14H2,1-3H3/t21-/m1/s1. The van der Waals surface area contributed by atoms with Crippen molar-refractivity contribution in [1.29, 1.82) is 0 Å². The van der Waals surface area contributed by atoms with Gasteiger partial charge in [0.25, 0.3) is 0 Å². The van der Waals surface area contributed by atoms with E-state index in [1.54, 1.807) is 19.1 Å². The summed E-state index contributed by atoms with van der Waals surface area (Å²) in [6, 6.07) is 14.5. The molecule has 0 radical (unpaired) electrons. The van der Waals surface area contributed by atoms with Crippen LogP contribution in [0.2, 0.25) is 0 Å². The third-order valence-corrected chi connectivity index (χ3v) is 5.97. The van der Waals surface area contributed by atoms with Crippen molar-refractivity contribution >= 4 is 27.3 Å². The van der Waals surface area contributed by atoms with Gasteiger partial charge in [-0.2, -0.15) is 5.10 Å². The second-order valence-electron chi connectivity index (χ2n) is 6.72. The highest BCUT2D eigenvalue weighted by atomic mass is 32.2. The molecule has 0 spiro atoms. The molecule has 1 atom stereocenters. The zero-order valence-electron chi connectivity index (χ0n) is 16.8. The number of rotatable bonds is 7. The fraction of sp³-hybridized carbons (Fsp3) is 0.333. The van der Waals surface area contributed by atoms with Gasteiger partial charge < -0.3 is 4.74 Å². The first-order valence-corrected chi connectivity index (χ1v) is 11.2. The Labute approximate surface area is 171 Å². The van der Waals surface area contributed by atoms with E-state index < -0.39 is 10.0 Å². The Morgan fingerprint density at radius 3 is 2.55 bits per heavy atom. The van der Waals surface area contributed by atoms with Crippen LogP contribution < -0.4 is 9.46 Å². The minimum absolute atomic E-state index is 0.0114. The van der Waals surface area contributed by atoms with Crippen LogP contribution in [-0.2, 0) is 14.8 Å². The largest absolute Gasteiger partial charge is 0.494 e. The van der Waals surface area contributed by atoms with Gasteiger partial charge in [-0.25, -0.2) is 13.4 Å². The number of amides is 1. The van der Waals surface area contributed by atoms with Gasteiger partial charge in [-0.05, 0) is 49.2 Å². The van der Waals surface area contributed by atoms with Crippen molar-refractivity contribution in [2.45, 2.75) is 33.2 Å². The van der Waals surface area contributed by atoms with E-state index in [1.165, 1.54) is 11.9 Å². The van der Waals surface area contributed by atoms with Crippen molar-refractivity contribution in [1.82, 2.24) is 5.01 Å². The Morgan fingerprint density at radius 1 is 1.21 bits per heavy atom. The lowest BCUT2D eigenvalue weighted by Crippen LogP contribution is -2.24. The summed E-state index contributed by atoms with van der Waals surface area (Å²) < 4.78 is 31.5. The highest BCUT2D eigenvalue weighted by Crippen LogP contribution is 2.34. The Morgan fingerprint density at radius 2 is 1.93 bits per heavy atom. The van der Waals surface area contributed by atoms with E-state index in [0.29, 0.717) is 18.7 Å². The first-order valence-electron chi connectivity index (χ1n) is 9.54. The quantitative estimate of drug-likeness (QED) is 0.749. The molecule has 1 aliphatic heterocycles. The maximum absolute atomic E-state index is 12.2. The Kier molecular flexibility index (Phi) is 6.22. The summed E-state index contributed by atoms with van der Waals surface area (Å²) >= 11 is 0. The van der Waals surface area contributed by atoms with E-state index in [9.17, 15) is 13.2 Å². The summed E-state index contributed by atoms with van der Waals surface area (Å²) in [5.41, 5.74) is 3.08. The molecule has 0 saturated heterocycles. The third kappa shape index (κ3) is 4.95. The molecule has 0 unspecified atom stereocenters. The van der Waals surface area contributed by atoms with Crippen LogP contribution in [0, 0.1) is 0 Å². The lowest BCUT2D eigenvalue weighted by Gasteiger charge is -2.21. The van der Waals surface area contributed by atoms with Crippen molar-refractivity contribution in [2.24, 2.45) is 5.10 Å². The van der Waals surface area contributed by atoms with E-state index in [0.717, 1.165) is 22.6 Å². The summed E-state index contributed by atoms with van der Waals surface area (Å²) in [7, 11) is -3.32. The Hall–Kier alpha value is -2.87. The molecule has 29 heavy (non-hydrogen) atoms. The first kappa shape index (κ1) is 20.9. The highest BCUT2D eigenvalue weighted by Gasteiger charge is 2.31. The molecule has 1 aliphatic rings. The van der Waals surface area contributed by atoms with Crippen molar-refractivity contribution in [3.05, 3.63) is 59.7 Å². The monoisotopic (exact) mass is 415 g/mol. The van der Waals surface area contributed by atoms with Gasteiger partial charge in [0.05, 0.1) is 24.1 Å². The van der Waals surface area contributed by atoms with Crippen LogP contribution in [0.5, 0.6) is 5.75 Å². The van der Waals surface area contributed by atoms with Gasteiger partial charge in [-0.15, -0.1) is 0 Å². The van der Waals surface area contributed by atoms with Crippen LogP contribution in [0.15, 0.2) is 53.6 Å². The van der Waals surface area contributed by atoms with E-state index >= 15 is 0 Å². The number of ether oxygens (including phenoxy) is 1. The van der Waals surface area contributed by atoms with Crippen LogP contribution in [0.3, 0.4) is 0 Å². The average molecular weight is 416 g/mol. The molecule has 3 rings (SSSR count). The second-order valence-corrected chi connectivity index (χ2v) is 8.73.